The lowest BCUT2D eigenvalue weighted by Crippen LogP contribution is -2.38. The molecule has 0 fully saturated rings. The summed E-state index contributed by atoms with van der Waals surface area (Å²) in [6, 6.07) is 1.99. The van der Waals surface area contributed by atoms with Crippen molar-refractivity contribution in [3.05, 3.63) is 0 Å². The molecule has 1 amide bonds. The lowest BCUT2D eigenvalue weighted by Gasteiger charge is -2.23. The molecule has 0 aromatic carbocycles. The molecule has 15 heavy (non-hydrogen) atoms. The van der Waals surface area contributed by atoms with Crippen molar-refractivity contribution >= 4 is 5.91 Å². The van der Waals surface area contributed by atoms with Gasteiger partial charge in [-0.1, -0.05) is 0 Å². The first-order chi connectivity index (χ1) is 6.95. The highest BCUT2D eigenvalue weighted by Crippen LogP contribution is 2.16. The normalized spacial score (nSPS) is 10.9. The monoisotopic (exact) mass is 212 g/mol. The van der Waals surface area contributed by atoms with Crippen molar-refractivity contribution in [2.75, 3.05) is 20.2 Å². The van der Waals surface area contributed by atoms with E-state index in [9.17, 15) is 4.79 Å². The molecule has 0 heterocycles. The minimum atomic E-state index is -0.939. The Kier molecular flexibility index (Phi) is 5.95. The molecule has 0 aromatic rings. The molecule has 0 aromatic heterocycles. The molecular formula is C11H20N2O2. The Morgan fingerprint density at radius 2 is 2.00 bits per heavy atom. The number of rotatable bonds is 6. The Labute approximate surface area is 91.5 Å². The second kappa shape index (κ2) is 6.41. The summed E-state index contributed by atoms with van der Waals surface area (Å²) in [6.45, 7) is 4.09. The Morgan fingerprint density at radius 1 is 1.40 bits per heavy atom. The van der Waals surface area contributed by atoms with Gasteiger partial charge >= 0.3 is 0 Å². The van der Waals surface area contributed by atoms with Gasteiger partial charge in [-0.05, 0) is 33.1 Å². The molecule has 4 nitrogen and oxygen atoms in total. The van der Waals surface area contributed by atoms with Crippen LogP contribution in [0.3, 0.4) is 0 Å². The van der Waals surface area contributed by atoms with Gasteiger partial charge in [-0.25, -0.2) is 0 Å². The minimum Gasteiger partial charge on any atom is -0.396 e. The van der Waals surface area contributed by atoms with Crippen molar-refractivity contribution < 1.29 is 9.90 Å². The van der Waals surface area contributed by atoms with Crippen LogP contribution in [0.4, 0.5) is 0 Å². The van der Waals surface area contributed by atoms with Gasteiger partial charge in [0.25, 0.3) is 0 Å². The third-order valence-electron chi connectivity index (χ3n) is 2.31. The summed E-state index contributed by atoms with van der Waals surface area (Å²) in [4.78, 5) is 13.3. The molecule has 4 heteroatoms. The lowest BCUT2D eigenvalue weighted by molar-refractivity contribution is -0.136. The zero-order valence-corrected chi connectivity index (χ0v) is 9.79. The molecule has 0 saturated carbocycles. The van der Waals surface area contributed by atoms with Crippen molar-refractivity contribution in [1.29, 1.82) is 5.26 Å². The SMILES string of the molecule is CN(CCCCCO)C(=O)C(C)(C)C#N. The van der Waals surface area contributed by atoms with Gasteiger partial charge in [0.1, 0.15) is 5.41 Å². The van der Waals surface area contributed by atoms with Gasteiger partial charge in [0.05, 0.1) is 6.07 Å². The molecule has 0 saturated heterocycles. The molecule has 86 valence electrons. The van der Waals surface area contributed by atoms with Crippen molar-refractivity contribution in [3.63, 3.8) is 0 Å². The summed E-state index contributed by atoms with van der Waals surface area (Å²) in [5, 5.41) is 17.4. The smallest absolute Gasteiger partial charge is 0.242 e. The third kappa shape index (κ3) is 4.80. The van der Waals surface area contributed by atoms with Gasteiger partial charge in [-0.3, -0.25) is 4.79 Å². The van der Waals surface area contributed by atoms with Crippen LogP contribution in [0.1, 0.15) is 33.1 Å². The number of amides is 1. The molecule has 0 radical (unpaired) electrons. The summed E-state index contributed by atoms with van der Waals surface area (Å²) in [7, 11) is 1.71. The van der Waals surface area contributed by atoms with Crippen molar-refractivity contribution in [1.82, 2.24) is 4.90 Å². The topological polar surface area (TPSA) is 64.3 Å². The maximum Gasteiger partial charge on any atom is 0.242 e. The lowest BCUT2D eigenvalue weighted by atomic mass is 9.94. The van der Waals surface area contributed by atoms with E-state index in [2.05, 4.69) is 0 Å². The molecule has 0 unspecified atom stereocenters. The number of nitrogens with zero attached hydrogens (tertiary/aromatic N) is 2. The highest BCUT2D eigenvalue weighted by Gasteiger charge is 2.29. The number of aliphatic hydroxyl groups excluding tert-OH is 1. The van der Waals surface area contributed by atoms with E-state index in [-0.39, 0.29) is 12.5 Å². The first-order valence-corrected chi connectivity index (χ1v) is 5.23. The van der Waals surface area contributed by atoms with Crippen molar-refractivity contribution in [2.24, 2.45) is 5.41 Å². The molecule has 0 atom stereocenters. The van der Waals surface area contributed by atoms with E-state index < -0.39 is 5.41 Å². The molecule has 0 aliphatic heterocycles. The van der Waals surface area contributed by atoms with Gasteiger partial charge in [0, 0.05) is 20.2 Å². The van der Waals surface area contributed by atoms with Crippen LogP contribution in [0.15, 0.2) is 0 Å². The number of nitriles is 1. The number of unbranched alkanes of at least 4 members (excludes halogenated alkanes) is 2. The fourth-order valence-corrected chi connectivity index (χ4v) is 1.26. The molecule has 1 N–H and O–H groups in total. The summed E-state index contributed by atoms with van der Waals surface area (Å²) < 4.78 is 0. The predicted octanol–water partition coefficient (Wildman–Crippen LogP) is 1.16. The van der Waals surface area contributed by atoms with Crippen molar-refractivity contribution in [3.8, 4) is 6.07 Å². The Morgan fingerprint density at radius 3 is 2.47 bits per heavy atom. The molecule has 0 rings (SSSR count). The fraction of sp³-hybridized carbons (Fsp3) is 0.818. The number of carbonyl (C=O) groups is 1. The fourth-order valence-electron chi connectivity index (χ4n) is 1.26. The predicted molar refractivity (Wildman–Crippen MR) is 58.0 cm³/mol. The second-order valence-corrected chi connectivity index (χ2v) is 4.25. The van der Waals surface area contributed by atoms with Gasteiger partial charge in [0.15, 0.2) is 0 Å². The number of hydrogen-bond donors (Lipinski definition) is 1. The van der Waals surface area contributed by atoms with E-state index in [1.54, 1.807) is 25.8 Å². The first-order valence-electron chi connectivity index (χ1n) is 5.23. The van der Waals surface area contributed by atoms with Crippen LogP contribution >= 0.6 is 0 Å². The number of aliphatic hydroxyl groups is 1. The third-order valence-corrected chi connectivity index (χ3v) is 2.31. The molecule has 0 spiro atoms. The van der Waals surface area contributed by atoms with Crippen LogP contribution in [-0.4, -0.2) is 36.1 Å². The minimum absolute atomic E-state index is 0.144. The van der Waals surface area contributed by atoms with E-state index >= 15 is 0 Å². The molecule has 0 bridgehead atoms. The van der Waals surface area contributed by atoms with E-state index in [4.69, 9.17) is 10.4 Å². The average molecular weight is 212 g/mol. The van der Waals surface area contributed by atoms with E-state index in [0.29, 0.717) is 6.54 Å². The van der Waals surface area contributed by atoms with Gasteiger partial charge in [0.2, 0.25) is 5.91 Å². The van der Waals surface area contributed by atoms with Crippen LogP contribution in [0.25, 0.3) is 0 Å². The molecule has 0 aliphatic carbocycles. The molecular weight excluding hydrogens is 192 g/mol. The Hall–Kier alpha value is -1.08. The zero-order chi connectivity index (χ0) is 11.9. The van der Waals surface area contributed by atoms with E-state index in [0.717, 1.165) is 19.3 Å². The van der Waals surface area contributed by atoms with Crippen LogP contribution < -0.4 is 0 Å². The Bertz CT molecular complexity index is 243. The van der Waals surface area contributed by atoms with E-state index in [1.807, 2.05) is 6.07 Å². The summed E-state index contributed by atoms with van der Waals surface area (Å²) in [6.07, 6.45) is 2.54. The number of hydrogen-bond acceptors (Lipinski definition) is 3. The maximum absolute atomic E-state index is 11.7. The average Bonchev–Trinajstić information content (AvgIpc) is 2.23. The summed E-state index contributed by atoms with van der Waals surface area (Å²) in [5.74, 6) is -0.144. The van der Waals surface area contributed by atoms with Gasteiger partial charge in [-0.2, -0.15) is 5.26 Å². The summed E-state index contributed by atoms with van der Waals surface area (Å²) in [5.41, 5.74) is -0.939. The van der Waals surface area contributed by atoms with E-state index in [1.165, 1.54) is 0 Å². The Balaban J connectivity index is 3.96. The first kappa shape index (κ1) is 13.9. The van der Waals surface area contributed by atoms with Crippen molar-refractivity contribution in [2.45, 2.75) is 33.1 Å². The highest BCUT2D eigenvalue weighted by atomic mass is 16.2. The zero-order valence-electron chi connectivity index (χ0n) is 9.79. The van der Waals surface area contributed by atoms with Gasteiger partial charge in [-0.15, -0.1) is 0 Å². The molecule has 0 aliphatic rings. The van der Waals surface area contributed by atoms with Crippen LogP contribution in [0.5, 0.6) is 0 Å². The standard InChI is InChI=1S/C11H20N2O2/c1-11(2,9-12)10(15)13(3)7-5-4-6-8-14/h14H,4-8H2,1-3H3. The van der Waals surface area contributed by atoms with Crippen LogP contribution in [-0.2, 0) is 4.79 Å². The quantitative estimate of drug-likeness (QED) is 0.672. The van der Waals surface area contributed by atoms with Crippen LogP contribution in [0, 0.1) is 16.7 Å². The highest BCUT2D eigenvalue weighted by molar-refractivity contribution is 5.84. The number of carbonyl (C=O) groups excluding carboxylic acids is 1. The van der Waals surface area contributed by atoms with Gasteiger partial charge < -0.3 is 10.0 Å². The second-order valence-electron chi connectivity index (χ2n) is 4.25. The largest absolute Gasteiger partial charge is 0.396 e. The summed E-state index contributed by atoms with van der Waals surface area (Å²) >= 11 is 0. The van der Waals surface area contributed by atoms with Crippen LogP contribution in [0.2, 0.25) is 0 Å². The maximum atomic E-state index is 11.7.